The third-order valence-corrected chi connectivity index (χ3v) is 3.86. The number of nitrogens with two attached hydrogens (primary N) is 1. The maximum absolute atomic E-state index is 12.5. The van der Waals surface area contributed by atoms with Crippen LogP contribution in [0.3, 0.4) is 0 Å². The highest BCUT2D eigenvalue weighted by molar-refractivity contribution is 7.98. The van der Waals surface area contributed by atoms with Crippen LogP contribution in [0.25, 0.3) is 0 Å². The van der Waals surface area contributed by atoms with Crippen LogP contribution in [0, 0.1) is 5.92 Å². The Kier molecular flexibility index (Phi) is 9.22. The Balaban J connectivity index is 2.88. The molecule has 0 aliphatic rings. The van der Waals surface area contributed by atoms with Crippen LogP contribution in [0.1, 0.15) is 37.8 Å². The van der Waals surface area contributed by atoms with Crippen LogP contribution in [0.4, 0.5) is 5.82 Å². The Morgan fingerprint density at radius 3 is 2.64 bits per heavy atom. The molecule has 0 aliphatic heterocycles. The summed E-state index contributed by atoms with van der Waals surface area (Å²) in [6, 6.07) is 1.21. The van der Waals surface area contributed by atoms with Crippen LogP contribution in [0.5, 0.6) is 0 Å². The van der Waals surface area contributed by atoms with E-state index >= 15 is 0 Å². The van der Waals surface area contributed by atoms with E-state index in [1.54, 1.807) is 6.07 Å². The lowest BCUT2D eigenvalue weighted by Crippen LogP contribution is -2.42. The van der Waals surface area contributed by atoms with Gasteiger partial charge in [0.1, 0.15) is 16.9 Å². The number of hydrogen-bond donors (Lipinski definition) is 3. The molecule has 0 saturated carbocycles. The van der Waals surface area contributed by atoms with Crippen LogP contribution in [-0.2, 0) is 9.53 Å². The number of nitrogens with one attached hydrogen (secondary N) is 2. The summed E-state index contributed by atoms with van der Waals surface area (Å²) in [5.74, 6) is -0.223. The van der Waals surface area contributed by atoms with Crippen LogP contribution in [0.2, 0.25) is 0 Å². The molecular weight excluding hydrogens is 342 g/mol. The number of primary amides is 1. The van der Waals surface area contributed by atoms with E-state index in [1.165, 1.54) is 11.8 Å². The van der Waals surface area contributed by atoms with Gasteiger partial charge in [0.25, 0.3) is 5.91 Å². The second-order valence-electron chi connectivity index (χ2n) is 5.80. The minimum Gasteiger partial charge on any atom is -0.380 e. The molecule has 9 heteroatoms. The Labute approximate surface area is 152 Å². The fourth-order valence-electron chi connectivity index (χ4n) is 2.11. The monoisotopic (exact) mass is 369 g/mol. The van der Waals surface area contributed by atoms with Gasteiger partial charge < -0.3 is 21.1 Å². The van der Waals surface area contributed by atoms with Crippen molar-refractivity contribution >= 4 is 29.4 Å². The first-order valence-electron chi connectivity index (χ1n) is 8.22. The molecular formula is C16H27N5O3S. The maximum atomic E-state index is 12.5. The molecule has 1 rings (SSSR count). The number of aromatic nitrogens is 2. The van der Waals surface area contributed by atoms with E-state index in [-0.39, 0.29) is 11.7 Å². The van der Waals surface area contributed by atoms with Gasteiger partial charge in [0.05, 0.1) is 6.61 Å². The standard InChI is InChI=1S/C16H27N5O3S/c1-5-24-7-6-18-16(23)11(8-10(2)3)19-12-9-13(25-4)21-15(20-12)14(17)22/h9-11H,5-8H2,1-4H3,(H2,17,22)(H,18,23)(H,19,20,21)/t11-/m1/s1. The third-order valence-electron chi connectivity index (χ3n) is 3.23. The maximum Gasteiger partial charge on any atom is 0.286 e. The first-order valence-corrected chi connectivity index (χ1v) is 9.44. The number of rotatable bonds is 11. The molecule has 1 heterocycles. The van der Waals surface area contributed by atoms with E-state index in [0.29, 0.717) is 42.9 Å². The van der Waals surface area contributed by atoms with Gasteiger partial charge in [0.2, 0.25) is 11.7 Å². The summed E-state index contributed by atoms with van der Waals surface area (Å²) in [4.78, 5) is 32.0. The van der Waals surface area contributed by atoms with Crippen molar-refractivity contribution in [3.8, 4) is 0 Å². The second-order valence-corrected chi connectivity index (χ2v) is 6.62. The average Bonchev–Trinajstić information content (AvgIpc) is 2.57. The number of anilines is 1. The molecule has 2 amide bonds. The largest absolute Gasteiger partial charge is 0.380 e. The average molecular weight is 369 g/mol. The SMILES string of the molecule is CCOCCNC(=O)[C@@H](CC(C)C)Nc1cc(SC)nc(C(N)=O)n1. The molecule has 8 nitrogen and oxygen atoms in total. The minimum absolute atomic E-state index is 0.0746. The molecule has 0 saturated heterocycles. The quantitative estimate of drug-likeness (QED) is 0.305. The summed E-state index contributed by atoms with van der Waals surface area (Å²) in [7, 11) is 0. The highest BCUT2D eigenvalue weighted by Crippen LogP contribution is 2.18. The molecule has 4 N–H and O–H groups in total. The summed E-state index contributed by atoms with van der Waals surface area (Å²) >= 11 is 1.37. The number of amides is 2. The molecule has 0 fully saturated rings. The Morgan fingerprint density at radius 2 is 2.08 bits per heavy atom. The number of carbonyl (C=O) groups excluding carboxylic acids is 2. The van der Waals surface area contributed by atoms with Crippen molar-refractivity contribution in [1.82, 2.24) is 15.3 Å². The van der Waals surface area contributed by atoms with E-state index in [0.717, 1.165) is 0 Å². The molecule has 0 spiro atoms. The molecule has 1 aromatic heterocycles. The van der Waals surface area contributed by atoms with Gasteiger partial charge in [0.15, 0.2) is 0 Å². The van der Waals surface area contributed by atoms with Gasteiger partial charge in [-0.15, -0.1) is 11.8 Å². The van der Waals surface area contributed by atoms with Crippen molar-refractivity contribution in [1.29, 1.82) is 0 Å². The summed E-state index contributed by atoms with van der Waals surface area (Å²) in [5.41, 5.74) is 5.28. The molecule has 0 aromatic carbocycles. The van der Waals surface area contributed by atoms with Crippen molar-refractivity contribution in [2.45, 2.75) is 38.3 Å². The lowest BCUT2D eigenvalue weighted by Gasteiger charge is -2.21. The highest BCUT2D eigenvalue weighted by Gasteiger charge is 2.21. The fraction of sp³-hybridized carbons (Fsp3) is 0.625. The number of nitrogens with zero attached hydrogens (tertiary/aromatic N) is 2. The summed E-state index contributed by atoms with van der Waals surface area (Å²) in [6.07, 6.45) is 2.45. The first-order chi connectivity index (χ1) is 11.9. The third kappa shape index (κ3) is 7.70. The van der Waals surface area contributed by atoms with E-state index in [2.05, 4.69) is 20.6 Å². The van der Waals surface area contributed by atoms with Crippen LogP contribution < -0.4 is 16.4 Å². The van der Waals surface area contributed by atoms with Crippen molar-refractivity contribution in [3.05, 3.63) is 11.9 Å². The van der Waals surface area contributed by atoms with Crippen molar-refractivity contribution < 1.29 is 14.3 Å². The minimum atomic E-state index is -0.708. The van der Waals surface area contributed by atoms with Gasteiger partial charge in [-0.1, -0.05) is 13.8 Å². The van der Waals surface area contributed by atoms with E-state index < -0.39 is 11.9 Å². The van der Waals surface area contributed by atoms with Crippen molar-refractivity contribution in [2.75, 3.05) is 31.3 Å². The second kappa shape index (κ2) is 10.9. The summed E-state index contributed by atoms with van der Waals surface area (Å²) < 4.78 is 5.23. The fourth-order valence-corrected chi connectivity index (χ4v) is 2.52. The smallest absolute Gasteiger partial charge is 0.286 e. The molecule has 0 unspecified atom stereocenters. The van der Waals surface area contributed by atoms with E-state index in [1.807, 2.05) is 27.0 Å². The predicted octanol–water partition coefficient (Wildman–Crippen LogP) is 1.28. The molecule has 0 aliphatic carbocycles. The van der Waals surface area contributed by atoms with Gasteiger partial charge in [-0.2, -0.15) is 0 Å². The number of carbonyl (C=O) groups is 2. The zero-order chi connectivity index (χ0) is 18.8. The summed E-state index contributed by atoms with van der Waals surface area (Å²) in [5, 5.41) is 6.54. The summed E-state index contributed by atoms with van der Waals surface area (Å²) in [6.45, 7) is 7.48. The molecule has 0 bridgehead atoms. The van der Waals surface area contributed by atoms with Gasteiger partial charge in [-0.05, 0) is 25.5 Å². The van der Waals surface area contributed by atoms with Gasteiger partial charge in [0, 0.05) is 19.2 Å². The number of hydrogen-bond acceptors (Lipinski definition) is 7. The van der Waals surface area contributed by atoms with Crippen molar-refractivity contribution in [2.24, 2.45) is 11.7 Å². The van der Waals surface area contributed by atoms with Crippen LogP contribution in [-0.4, -0.2) is 53.8 Å². The van der Waals surface area contributed by atoms with Gasteiger partial charge in [-0.3, -0.25) is 9.59 Å². The van der Waals surface area contributed by atoms with E-state index in [4.69, 9.17) is 10.5 Å². The number of thioether (sulfide) groups is 1. The first kappa shape index (κ1) is 21.2. The zero-order valence-corrected chi connectivity index (χ0v) is 16.0. The van der Waals surface area contributed by atoms with E-state index in [9.17, 15) is 9.59 Å². The Morgan fingerprint density at radius 1 is 1.36 bits per heavy atom. The molecule has 1 aromatic rings. The molecule has 25 heavy (non-hydrogen) atoms. The lowest BCUT2D eigenvalue weighted by molar-refractivity contribution is -0.122. The number of ether oxygens (including phenoxy) is 1. The van der Waals surface area contributed by atoms with Gasteiger partial charge >= 0.3 is 0 Å². The van der Waals surface area contributed by atoms with Gasteiger partial charge in [-0.25, -0.2) is 9.97 Å². The lowest BCUT2D eigenvalue weighted by atomic mass is 10.0. The van der Waals surface area contributed by atoms with Crippen molar-refractivity contribution in [3.63, 3.8) is 0 Å². The predicted molar refractivity (Wildman–Crippen MR) is 98.7 cm³/mol. The van der Waals surface area contributed by atoms with Crippen LogP contribution >= 0.6 is 11.8 Å². The zero-order valence-electron chi connectivity index (χ0n) is 15.2. The van der Waals surface area contributed by atoms with Crippen LogP contribution in [0.15, 0.2) is 11.1 Å². The highest BCUT2D eigenvalue weighted by atomic mass is 32.2. The molecule has 1 atom stereocenters. The normalized spacial score (nSPS) is 12.0. The molecule has 0 radical (unpaired) electrons. The Hall–Kier alpha value is -1.87. The Bertz CT molecular complexity index is 583. The molecule has 140 valence electrons. The topological polar surface area (TPSA) is 119 Å².